The van der Waals surface area contributed by atoms with Crippen molar-refractivity contribution in [1.29, 1.82) is 0 Å². The number of hydrogen-bond donors (Lipinski definition) is 2. The van der Waals surface area contributed by atoms with E-state index in [2.05, 4.69) is 15.0 Å². The molecule has 2 aromatic carbocycles. The van der Waals surface area contributed by atoms with E-state index in [0.29, 0.717) is 36.0 Å². The lowest BCUT2D eigenvalue weighted by Gasteiger charge is -2.11. The van der Waals surface area contributed by atoms with Gasteiger partial charge in [0.25, 0.3) is 15.9 Å². The van der Waals surface area contributed by atoms with Gasteiger partial charge in [0.15, 0.2) is 0 Å². The van der Waals surface area contributed by atoms with Crippen molar-refractivity contribution in [3.05, 3.63) is 54.1 Å². The highest BCUT2D eigenvalue weighted by atomic mass is 32.2. The van der Waals surface area contributed by atoms with Crippen LogP contribution in [0.15, 0.2) is 58.4 Å². The summed E-state index contributed by atoms with van der Waals surface area (Å²) in [4.78, 5) is 16.9. The quantitative estimate of drug-likeness (QED) is 0.679. The molecule has 1 aliphatic carbocycles. The normalized spacial score (nSPS) is 16.7. The van der Waals surface area contributed by atoms with Crippen LogP contribution < -0.4 is 14.8 Å². The van der Waals surface area contributed by atoms with Gasteiger partial charge < -0.3 is 10.1 Å². The van der Waals surface area contributed by atoms with Crippen molar-refractivity contribution in [1.82, 2.24) is 4.72 Å². The highest BCUT2D eigenvalue weighted by molar-refractivity contribution is 7.90. The molecule has 8 heteroatoms. The second-order valence-corrected chi connectivity index (χ2v) is 9.68. The van der Waals surface area contributed by atoms with E-state index in [4.69, 9.17) is 4.74 Å². The van der Waals surface area contributed by atoms with Crippen LogP contribution in [0, 0.1) is 5.92 Å². The number of nitrogens with zero attached hydrogens (tertiary/aromatic N) is 1. The molecule has 2 N–H and O–H groups in total. The SMILES string of the molecule is O=C(Nc1ccc(S(=O)(=O)NC2=NCCCCC2)cc1)c1ccc(OCC2CC2)cc1. The molecule has 0 radical (unpaired) electrons. The molecular weight excluding hydrogens is 414 g/mol. The van der Waals surface area contributed by atoms with E-state index < -0.39 is 10.0 Å². The number of aliphatic imine (C=N–C) groups is 1. The molecule has 4 rings (SSSR count). The summed E-state index contributed by atoms with van der Waals surface area (Å²) < 4.78 is 33.5. The van der Waals surface area contributed by atoms with E-state index in [9.17, 15) is 13.2 Å². The molecule has 2 aromatic rings. The molecule has 0 saturated heterocycles. The molecule has 31 heavy (non-hydrogen) atoms. The number of anilines is 1. The maximum absolute atomic E-state index is 12.6. The number of sulfonamides is 1. The maximum Gasteiger partial charge on any atom is 0.262 e. The van der Waals surface area contributed by atoms with Crippen LogP contribution in [0.1, 0.15) is 48.9 Å². The molecule has 0 spiro atoms. The summed E-state index contributed by atoms with van der Waals surface area (Å²) >= 11 is 0. The summed E-state index contributed by atoms with van der Waals surface area (Å²) in [6, 6.07) is 13.1. The van der Waals surface area contributed by atoms with Gasteiger partial charge in [0.2, 0.25) is 0 Å². The first-order valence-electron chi connectivity index (χ1n) is 10.7. The van der Waals surface area contributed by atoms with Crippen LogP contribution in [0.25, 0.3) is 0 Å². The Bertz CT molecular complexity index is 1040. The summed E-state index contributed by atoms with van der Waals surface area (Å²) in [5.74, 6) is 1.67. The first-order valence-corrected chi connectivity index (χ1v) is 12.2. The summed E-state index contributed by atoms with van der Waals surface area (Å²) in [6.45, 7) is 1.37. The van der Waals surface area contributed by atoms with Crippen LogP contribution in [0.5, 0.6) is 5.75 Å². The van der Waals surface area contributed by atoms with Crippen LogP contribution in [0.2, 0.25) is 0 Å². The van der Waals surface area contributed by atoms with Crippen molar-refractivity contribution < 1.29 is 17.9 Å². The Hall–Kier alpha value is -2.87. The third-order valence-electron chi connectivity index (χ3n) is 5.35. The van der Waals surface area contributed by atoms with E-state index in [1.54, 1.807) is 36.4 Å². The average Bonchev–Trinajstić information content (AvgIpc) is 3.61. The second kappa shape index (κ2) is 9.51. The molecule has 0 atom stereocenters. The predicted octanol–water partition coefficient (Wildman–Crippen LogP) is 3.98. The minimum atomic E-state index is -3.69. The van der Waals surface area contributed by atoms with Crippen LogP contribution in [0.4, 0.5) is 5.69 Å². The second-order valence-electron chi connectivity index (χ2n) is 8.00. The lowest BCUT2D eigenvalue weighted by Crippen LogP contribution is -2.30. The first-order chi connectivity index (χ1) is 15.0. The molecule has 1 amide bonds. The molecule has 0 bridgehead atoms. The van der Waals surface area contributed by atoms with Gasteiger partial charge in [0.05, 0.1) is 11.5 Å². The van der Waals surface area contributed by atoms with Gasteiger partial charge in [-0.15, -0.1) is 0 Å². The standard InChI is InChI=1S/C23H27N3O4S/c27-23(18-7-11-20(12-8-18)30-16-17-5-6-17)25-19-9-13-21(14-10-19)31(28,29)26-22-4-2-1-3-15-24-22/h7-14,17H,1-6,15-16H2,(H,24,26)(H,25,27). The predicted molar refractivity (Wildman–Crippen MR) is 120 cm³/mol. The maximum atomic E-state index is 12.6. The third kappa shape index (κ3) is 6.07. The van der Waals surface area contributed by atoms with Crippen LogP contribution in [0.3, 0.4) is 0 Å². The van der Waals surface area contributed by atoms with E-state index in [1.165, 1.54) is 25.0 Å². The number of benzene rings is 2. The van der Waals surface area contributed by atoms with Crippen molar-refractivity contribution >= 4 is 27.5 Å². The van der Waals surface area contributed by atoms with Gasteiger partial charge in [-0.1, -0.05) is 6.42 Å². The van der Waals surface area contributed by atoms with E-state index in [-0.39, 0.29) is 10.8 Å². The Morgan fingerprint density at radius 2 is 1.74 bits per heavy atom. The topological polar surface area (TPSA) is 96.9 Å². The Morgan fingerprint density at radius 1 is 1.00 bits per heavy atom. The fourth-order valence-corrected chi connectivity index (χ4v) is 4.38. The number of nitrogens with one attached hydrogen (secondary N) is 2. The fraction of sp³-hybridized carbons (Fsp3) is 0.391. The number of carbonyl (C=O) groups is 1. The van der Waals surface area contributed by atoms with Crippen LogP contribution >= 0.6 is 0 Å². The third-order valence-corrected chi connectivity index (χ3v) is 6.75. The van der Waals surface area contributed by atoms with Gasteiger partial charge in [-0.05, 0) is 80.1 Å². The van der Waals surface area contributed by atoms with Gasteiger partial charge in [-0.3, -0.25) is 14.5 Å². The zero-order valence-corrected chi connectivity index (χ0v) is 18.2. The number of amides is 1. The summed E-state index contributed by atoms with van der Waals surface area (Å²) in [7, 11) is -3.69. The minimum Gasteiger partial charge on any atom is -0.493 e. The highest BCUT2D eigenvalue weighted by Crippen LogP contribution is 2.29. The van der Waals surface area contributed by atoms with Crippen molar-refractivity contribution in [3.63, 3.8) is 0 Å². The largest absolute Gasteiger partial charge is 0.493 e. The molecule has 1 fully saturated rings. The van der Waals surface area contributed by atoms with Gasteiger partial charge in [-0.2, -0.15) is 0 Å². The van der Waals surface area contributed by atoms with Crippen molar-refractivity contribution in [2.75, 3.05) is 18.5 Å². The van der Waals surface area contributed by atoms with Gasteiger partial charge in [0.1, 0.15) is 11.6 Å². The average molecular weight is 442 g/mol. The van der Waals surface area contributed by atoms with Crippen molar-refractivity contribution in [2.45, 2.75) is 43.4 Å². The molecule has 0 aromatic heterocycles. The van der Waals surface area contributed by atoms with Crippen molar-refractivity contribution in [3.8, 4) is 5.75 Å². The van der Waals surface area contributed by atoms with E-state index >= 15 is 0 Å². The van der Waals surface area contributed by atoms with E-state index in [0.717, 1.165) is 31.6 Å². The monoisotopic (exact) mass is 441 g/mol. The zero-order valence-electron chi connectivity index (χ0n) is 17.3. The number of carbonyl (C=O) groups excluding carboxylic acids is 1. The van der Waals surface area contributed by atoms with Crippen LogP contribution in [-0.4, -0.2) is 33.3 Å². The van der Waals surface area contributed by atoms with Crippen LogP contribution in [-0.2, 0) is 10.0 Å². The van der Waals surface area contributed by atoms with E-state index in [1.807, 2.05) is 0 Å². The molecule has 0 unspecified atom stereocenters. The number of rotatable bonds is 7. The molecule has 1 saturated carbocycles. The highest BCUT2D eigenvalue weighted by Gasteiger charge is 2.22. The van der Waals surface area contributed by atoms with Gasteiger partial charge in [-0.25, -0.2) is 8.42 Å². The number of hydrogen-bond acceptors (Lipinski definition) is 5. The summed E-state index contributed by atoms with van der Waals surface area (Å²) in [6.07, 6.45) is 6.06. The van der Waals surface area contributed by atoms with Gasteiger partial charge >= 0.3 is 0 Å². The Kier molecular flexibility index (Phi) is 6.56. The Morgan fingerprint density at radius 3 is 2.45 bits per heavy atom. The molecule has 7 nitrogen and oxygen atoms in total. The molecular formula is C23H27N3O4S. The summed E-state index contributed by atoms with van der Waals surface area (Å²) in [5, 5.41) is 2.79. The molecule has 1 aliphatic heterocycles. The van der Waals surface area contributed by atoms with Gasteiger partial charge in [0, 0.05) is 24.2 Å². The number of ether oxygens (including phenoxy) is 1. The molecule has 164 valence electrons. The van der Waals surface area contributed by atoms with Crippen molar-refractivity contribution in [2.24, 2.45) is 10.9 Å². The molecule has 2 aliphatic rings. The number of amidine groups is 1. The summed E-state index contributed by atoms with van der Waals surface area (Å²) in [5.41, 5.74) is 1.02. The zero-order chi connectivity index (χ0) is 21.7. The smallest absolute Gasteiger partial charge is 0.262 e. The Balaban J connectivity index is 1.35. The fourth-order valence-electron chi connectivity index (χ4n) is 3.29. The lowest BCUT2D eigenvalue weighted by atomic mass is 10.2. The minimum absolute atomic E-state index is 0.134. The lowest BCUT2D eigenvalue weighted by molar-refractivity contribution is 0.102. The molecule has 1 heterocycles. The Labute approximate surface area is 183 Å². The first kappa shape index (κ1) is 21.4.